The topological polar surface area (TPSA) is 98.7 Å². The van der Waals surface area contributed by atoms with Crippen molar-refractivity contribution in [3.8, 4) is 11.5 Å². The molecule has 0 atom stereocenters. The maximum absolute atomic E-state index is 11.8. The van der Waals surface area contributed by atoms with E-state index in [4.69, 9.17) is 0 Å². The number of carbonyl (C=O) groups is 2. The summed E-state index contributed by atoms with van der Waals surface area (Å²) in [5.74, 6) is 1.80. The second kappa shape index (κ2) is 13.0. The number of benzene rings is 2. The summed E-state index contributed by atoms with van der Waals surface area (Å²) >= 11 is 3.14. The molecule has 29 heavy (non-hydrogen) atoms. The predicted octanol–water partition coefficient (Wildman–Crippen LogP) is 3.38. The van der Waals surface area contributed by atoms with Gasteiger partial charge in [0.1, 0.15) is 11.5 Å². The molecule has 0 radical (unpaired) electrons. The summed E-state index contributed by atoms with van der Waals surface area (Å²) in [6.45, 7) is 1.07. The zero-order valence-corrected chi connectivity index (χ0v) is 17.7. The first kappa shape index (κ1) is 23.0. The van der Waals surface area contributed by atoms with Gasteiger partial charge in [-0.25, -0.2) is 0 Å². The number of amides is 2. The molecule has 0 aliphatic rings. The molecule has 0 heterocycles. The third kappa shape index (κ3) is 10.1. The molecule has 0 saturated carbocycles. The summed E-state index contributed by atoms with van der Waals surface area (Å²) in [6, 6.07) is 13.8. The molecule has 2 aromatic carbocycles. The van der Waals surface area contributed by atoms with E-state index >= 15 is 0 Å². The van der Waals surface area contributed by atoms with E-state index in [-0.39, 0.29) is 23.3 Å². The molecule has 0 saturated heterocycles. The highest BCUT2D eigenvalue weighted by Gasteiger charge is 2.04. The van der Waals surface area contributed by atoms with Crippen LogP contribution in [0.25, 0.3) is 0 Å². The lowest BCUT2D eigenvalue weighted by atomic mass is 10.3. The number of hydrogen-bond acceptors (Lipinski definition) is 6. The molecule has 4 N–H and O–H groups in total. The van der Waals surface area contributed by atoms with Crippen molar-refractivity contribution in [3.63, 3.8) is 0 Å². The minimum Gasteiger partial charge on any atom is -0.508 e. The summed E-state index contributed by atoms with van der Waals surface area (Å²) in [5.41, 5.74) is 0. The van der Waals surface area contributed by atoms with E-state index in [2.05, 4.69) is 10.6 Å². The Kier molecular flexibility index (Phi) is 10.3. The van der Waals surface area contributed by atoms with Gasteiger partial charge in [0.15, 0.2) is 0 Å². The normalized spacial score (nSPS) is 10.5. The van der Waals surface area contributed by atoms with Crippen LogP contribution in [0, 0.1) is 0 Å². The maximum atomic E-state index is 11.8. The summed E-state index contributed by atoms with van der Waals surface area (Å²) in [7, 11) is 0. The van der Waals surface area contributed by atoms with Gasteiger partial charge in [-0.3, -0.25) is 9.59 Å². The quantitative estimate of drug-likeness (QED) is 0.302. The lowest BCUT2D eigenvalue weighted by Gasteiger charge is -2.07. The molecule has 156 valence electrons. The van der Waals surface area contributed by atoms with E-state index in [1.807, 2.05) is 24.3 Å². The highest BCUT2D eigenvalue weighted by Crippen LogP contribution is 2.22. The molecule has 8 heteroatoms. The number of aromatic hydroxyl groups is 2. The number of thioether (sulfide) groups is 2. The molecule has 0 aromatic heterocycles. The second-order valence-electron chi connectivity index (χ2n) is 6.24. The van der Waals surface area contributed by atoms with Crippen LogP contribution >= 0.6 is 23.5 Å². The molecule has 2 amide bonds. The summed E-state index contributed by atoms with van der Waals surface area (Å²) in [4.78, 5) is 25.7. The van der Waals surface area contributed by atoms with E-state index in [1.54, 1.807) is 47.8 Å². The molecule has 6 nitrogen and oxygen atoms in total. The van der Waals surface area contributed by atoms with Crippen LogP contribution in [0.2, 0.25) is 0 Å². The number of rotatable bonds is 12. The second-order valence-corrected chi connectivity index (χ2v) is 8.57. The fourth-order valence-corrected chi connectivity index (χ4v) is 4.03. The smallest absolute Gasteiger partial charge is 0.220 e. The molecular weight excluding hydrogens is 408 g/mol. The van der Waals surface area contributed by atoms with Crippen molar-refractivity contribution < 1.29 is 19.8 Å². The van der Waals surface area contributed by atoms with Crippen molar-refractivity contribution in [1.82, 2.24) is 10.6 Å². The van der Waals surface area contributed by atoms with E-state index < -0.39 is 0 Å². The van der Waals surface area contributed by atoms with Crippen molar-refractivity contribution >= 4 is 35.3 Å². The van der Waals surface area contributed by atoms with E-state index in [0.717, 1.165) is 9.79 Å². The largest absolute Gasteiger partial charge is 0.508 e. The summed E-state index contributed by atoms with van der Waals surface area (Å²) in [5, 5.41) is 24.2. The average Bonchev–Trinajstić information content (AvgIpc) is 2.71. The zero-order chi connectivity index (χ0) is 20.9. The van der Waals surface area contributed by atoms with Crippen LogP contribution in [-0.4, -0.2) is 46.6 Å². The Labute approximate surface area is 179 Å². The Hall–Kier alpha value is -2.32. The first-order chi connectivity index (χ1) is 14.0. The predicted molar refractivity (Wildman–Crippen MR) is 118 cm³/mol. The van der Waals surface area contributed by atoms with Gasteiger partial charge >= 0.3 is 0 Å². The lowest BCUT2D eigenvalue weighted by Crippen LogP contribution is -2.30. The zero-order valence-electron chi connectivity index (χ0n) is 16.1. The standard InChI is InChI=1S/C21H26N2O4S2/c24-16-2-6-18(7-3-16)28-14-10-20(26)22-12-1-13-23-21(27)11-15-29-19-8-4-17(25)5-9-19/h2-9,24-25H,1,10-15H2,(H,22,26)(H,23,27). The molecule has 0 aliphatic heterocycles. The Bertz CT molecular complexity index is 702. The van der Waals surface area contributed by atoms with Gasteiger partial charge in [-0.15, -0.1) is 23.5 Å². The number of hydrogen-bond donors (Lipinski definition) is 4. The van der Waals surface area contributed by atoms with Crippen LogP contribution in [-0.2, 0) is 9.59 Å². The van der Waals surface area contributed by atoms with Crippen molar-refractivity contribution in [2.45, 2.75) is 29.1 Å². The molecular formula is C21H26N2O4S2. The average molecular weight is 435 g/mol. The highest BCUT2D eigenvalue weighted by atomic mass is 32.2. The molecule has 0 bridgehead atoms. The fraction of sp³-hybridized carbons (Fsp3) is 0.333. The molecule has 2 aromatic rings. The Balaban J connectivity index is 1.45. The molecule has 0 fully saturated rings. The van der Waals surface area contributed by atoms with Gasteiger partial charge in [-0.2, -0.15) is 0 Å². The Morgan fingerprint density at radius 3 is 1.45 bits per heavy atom. The number of phenols is 2. The first-order valence-electron chi connectivity index (χ1n) is 9.40. The van der Waals surface area contributed by atoms with Crippen LogP contribution in [0.3, 0.4) is 0 Å². The first-order valence-corrected chi connectivity index (χ1v) is 11.4. The molecule has 0 aliphatic carbocycles. The van der Waals surface area contributed by atoms with Crippen molar-refractivity contribution in [2.75, 3.05) is 24.6 Å². The molecule has 2 rings (SSSR count). The molecule has 0 unspecified atom stereocenters. The van der Waals surface area contributed by atoms with E-state index in [9.17, 15) is 19.8 Å². The summed E-state index contributed by atoms with van der Waals surface area (Å²) in [6.07, 6.45) is 1.53. The summed E-state index contributed by atoms with van der Waals surface area (Å²) < 4.78 is 0. The van der Waals surface area contributed by atoms with Crippen LogP contribution in [0.15, 0.2) is 58.3 Å². The van der Waals surface area contributed by atoms with Crippen LogP contribution < -0.4 is 10.6 Å². The van der Waals surface area contributed by atoms with Crippen LogP contribution in [0.5, 0.6) is 11.5 Å². The van der Waals surface area contributed by atoms with Gasteiger partial charge in [0.05, 0.1) is 0 Å². The Morgan fingerprint density at radius 2 is 1.07 bits per heavy atom. The SMILES string of the molecule is O=C(CCSc1ccc(O)cc1)NCCCNC(=O)CCSc1ccc(O)cc1. The highest BCUT2D eigenvalue weighted by molar-refractivity contribution is 7.99. The third-order valence-corrected chi connectivity index (χ3v) is 5.89. The van der Waals surface area contributed by atoms with Crippen molar-refractivity contribution in [3.05, 3.63) is 48.5 Å². The van der Waals surface area contributed by atoms with Crippen LogP contribution in [0.1, 0.15) is 19.3 Å². The van der Waals surface area contributed by atoms with E-state index in [1.165, 1.54) is 0 Å². The maximum Gasteiger partial charge on any atom is 0.220 e. The monoisotopic (exact) mass is 434 g/mol. The van der Waals surface area contributed by atoms with Gasteiger partial charge in [-0.1, -0.05) is 0 Å². The van der Waals surface area contributed by atoms with Crippen LogP contribution in [0.4, 0.5) is 0 Å². The fourth-order valence-electron chi connectivity index (χ4n) is 2.33. The van der Waals surface area contributed by atoms with Gasteiger partial charge < -0.3 is 20.8 Å². The van der Waals surface area contributed by atoms with Gasteiger partial charge in [0, 0.05) is 47.2 Å². The molecule has 0 spiro atoms. The van der Waals surface area contributed by atoms with Gasteiger partial charge in [-0.05, 0) is 55.0 Å². The van der Waals surface area contributed by atoms with Gasteiger partial charge in [0.2, 0.25) is 11.8 Å². The minimum atomic E-state index is -0.00657. The number of nitrogens with one attached hydrogen (secondary N) is 2. The van der Waals surface area contributed by atoms with Gasteiger partial charge in [0.25, 0.3) is 0 Å². The lowest BCUT2D eigenvalue weighted by molar-refractivity contribution is -0.121. The van der Waals surface area contributed by atoms with E-state index in [0.29, 0.717) is 43.9 Å². The van der Waals surface area contributed by atoms with Crippen molar-refractivity contribution in [2.24, 2.45) is 0 Å². The number of phenolic OH excluding ortho intramolecular Hbond substituents is 2. The van der Waals surface area contributed by atoms with Crippen molar-refractivity contribution in [1.29, 1.82) is 0 Å². The minimum absolute atomic E-state index is 0.00657. The third-order valence-electron chi connectivity index (χ3n) is 3.87. The number of carbonyl (C=O) groups excluding carboxylic acids is 2. The Morgan fingerprint density at radius 1 is 0.690 bits per heavy atom.